The maximum Gasteiger partial charge on any atom is 0.255 e. The third-order valence-electron chi connectivity index (χ3n) is 8.38. The van der Waals surface area contributed by atoms with Crippen molar-refractivity contribution in [3.63, 3.8) is 0 Å². The number of aromatic hydroxyl groups is 1. The van der Waals surface area contributed by atoms with Crippen molar-refractivity contribution < 1.29 is 34.8 Å². The molecule has 1 saturated carbocycles. The van der Waals surface area contributed by atoms with Crippen LogP contribution >= 0.6 is 0 Å². The van der Waals surface area contributed by atoms with Crippen molar-refractivity contribution in [2.45, 2.75) is 31.0 Å². The van der Waals surface area contributed by atoms with Gasteiger partial charge in [-0.25, -0.2) is 4.98 Å². The van der Waals surface area contributed by atoms with Gasteiger partial charge >= 0.3 is 0 Å². The van der Waals surface area contributed by atoms with Crippen LogP contribution in [0.1, 0.15) is 23.1 Å². The standard InChI is InChI=1S/C29H33N5O7/c1-33(2)17-11-14(12-32-18-7-5-6-8-31-18)23(35)20-15(17)9-13-10-16-22(34(3)4)25(37)21(28(30)40)27(39)29(16,41)26(38)19(13)24(20)36/h5-8,11,13,16,22,35-36,39,41H,9-10,12H2,1-4H3,(H2,30,40)(H,31,32)/t13-,16-,22?,29-/m1/s1. The van der Waals surface area contributed by atoms with Crippen molar-refractivity contribution >= 4 is 34.7 Å². The molecule has 216 valence electrons. The molecule has 4 atom stereocenters. The molecule has 0 saturated heterocycles. The molecule has 1 unspecified atom stereocenters. The number of phenols is 1. The summed E-state index contributed by atoms with van der Waals surface area (Å²) in [6.45, 7) is 0.154. The highest BCUT2D eigenvalue weighted by Gasteiger charge is 2.64. The van der Waals surface area contributed by atoms with Crippen LogP contribution in [0, 0.1) is 11.8 Å². The number of carbonyl (C=O) groups is 3. The monoisotopic (exact) mass is 563 g/mol. The maximum atomic E-state index is 14.1. The Balaban J connectivity index is 1.68. The Hall–Kier alpha value is -4.42. The zero-order chi connectivity index (χ0) is 30.0. The van der Waals surface area contributed by atoms with E-state index in [9.17, 15) is 34.8 Å². The van der Waals surface area contributed by atoms with E-state index in [2.05, 4.69) is 10.3 Å². The number of aliphatic hydroxyl groups excluding tert-OH is 2. The fraction of sp³-hybridized carbons (Fsp3) is 0.379. The summed E-state index contributed by atoms with van der Waals surface area (Å²) in [5.74, 6) is -6.18. The molecular formula is C29H33N5O7. The molecule has 0 spiro atoms. The summed E-state index contributed by atoms with van der Waals surface area (Å²) in [6.07, 6.45) is 1.86. The Bertz CT molecular complexity index is 1530. The first-order valence-corrected chi connectivity index (χ1v) is 13.1. The summed E-state index contributed by atoms with van der Waals surface area (Å²) in [6, 6.07) is 6.01. The van der Waals surface area contributed by atoms with Gasteiger partial charge in [0.1, 0.15) is 28.7 Å². The van der Waals surface area contributed by atoms with Crippen molar-refractivity contribution in [1.29, 1.82) is 0 Å². The number of ketones is 2. The molecule has 5 rings (SSSR count). The fourth-order valence-electron chi connectivity index (χ4n) is 6.53. The second kappa shape index (κ2) is 9.89. The van der Waals surface area contributed by atoms with Crippen LogP contribution in [0.4, 0.5) is 11.5 Å². The van der Waals surface area contributed by atoms with Gasteiger partial charge in [0.05, 0.1) is 11.6 Å². The average Bonchev–Trinajstić information content (AvgIpc) is 2.90. The zero-order valence-corrected chi connectivity index (χ0v) is 23.2. The molecule has 1 fully saturated rings. The molecule has 1 heterocycles. The van der Waals surface area contributed by atoms with E-state index in [1.165, 1.54) is 4.90 Å². The first-order chi connectivity index (χ1) is 19.3. The smallest absolute Gasteiger partial charge is 0.255 e. The minimum absolute atomic E-state index is 0.0301. The van der Waals surface area contributed by atoms with Crippen LogP contribution in [-0.2, 0) is 27.3 Å². The van der Waals surface area contributed by atoms with Gasteiger partial charge in [0, 0.05) is 49.6 Å². The second-order valence-electron chi connectivity index (χ2n) is 11.2. The molecule has 0 aliphatic heterocycles. The summed E-state index contributed by atoms with van der Waals surface area (Å²) in [7, 11) is 6.77. The number of likely N-dealkylation sites (N-methyl/N-ethyl adjacent to an activating group) is 1. The van der Waals surface area contributed by atoms with E-state index < -0.39 is 58.0 Å². The van der Waals surface area contributed by atoms with Crippen LogP contribution in [-0.4, -0.2) is 87.6 Å². The molecule has 3 aliphatic rings. The van der Waals surface area contributed by atoms with Gasteiger partial charge in [-0.3, -0.25) is 19.3 Å². The third kappa shape index (κ3) is 4.13. The Morgan fingerprint density at radius 1 is 1.17 bits per heavy atom. The number of aliphatic hydroxyl groups is 3. The number of nitrogens with two attached hydrogens (primary N) is 1. The molecule has 12 heteroatoms. The molecular weight excluding hydrogens is 530 g/mol. The number of primary amides is 1. The Kier molecular flexibility index (Phi) is 6.79. The molecule has 41 heavy (non-hydrogen) atoms. The number of rotatable bonds is 6. The van der Waals surface area contributed by atoms with Crippen LogP contribution in [0.2, 0.25) is 0 Å². The number of hydrogen-bond donors (Lipinski definition) is 6. The fourth-order valence-corrected chi connectivity index (χ4v) is 6.53. The normalized spacial score (nSPS) is 25.6. The number of fused-ring (bicyclic) bond motifs is 3. The van der Waals surface area contributed by atoms with Crippen LogP contribution in [0.5, 0.6) is 5.75 Å². The molecule has 7 N–H and O–H groups in total. The highest BCUT2D eigenvalue weighted by Crippen LogP contribution is 2.54. The molecule has 1 aromatic carbocycles. The molecule has 0 bridgehead atoms. The summed E-state index contributed by atoms with van der Waals surface area (Å²) >= 11 is 0. The number of nitrogens with one attached hydrogen (secondary N) is 1. The van der Waals surface area contributed by atoms with E-state index in [1.54, 1.807) is 38.5 Å². The van der Waals surface area contributed by atoms with E-state index in [0.29, 0.717) is 22.6 Å². The van der Waals surface area contributed by atoms with E-state index in [0.717, 1.165) is 0 Å². The lowest BCUT2D eigenvalue weighted by molar-refractivity contribution is -0.153. The van der Waals surface area contributed by atoms with Gasteiger partial charge < -0.3 is 36.4 Å². The Morgan fingerprint density at radius 3 is 2.46 bits per heavy atom. The van der Waals surface area contributed by atoms with E-state index in [-0.39, 0.29) is 36.3 Å². The van der Waals surface area contributed by atoms with Crippen LogP contribution in [0.3, 0.4) is 0 Å². The Morgan fingerprint density at radius 2 is 1.88 bits per heavy atom. The van der Waals surface area contributed by atoms with Crippen molar-refractivity contribution in [2.24, 2.45) is 17.6 Å². The molecule has 0 radical (unpaired) electrons. The van der Waals surface area contributed by atoms with Crippen LogP contribution in [0.25, 0.3) is 5.76 Å². The number of amides is 1. The predicted octanol–water partition coefficient (Wildman–Crippen LogP) is 1.04. The van der Waals surface area contributed by atoms with Gasteiger partial charge in [0.25, 0.3) is 5.91 Å². The van der Waals surface area contributed by atoms with Gasteiger partial charge in [-0.2, -0.15) is 0 Å². The SMILES string of the molecule is CN(C)c1cc(CNc2ccccn2)c(O)c2c1C[C@@H]1C[C@@H]3C(N(C)C)C(=O)C(C(N)=O)=C(O)[C@]3(O)C(=O)C1=C2O. The van der Waals surface area contributed by atoms with Crippen molar-refractivity contribution in [2.75, 3.05) is 38.4 Å². The van der Waals surface area contributed by atoms with Crippen molar-refractivity contribution in [1.82, 2.24) is 9.88 Å². The van der Waals surface area contributed by atoms with Crippen LogP contribution in [0.15, 0.2) is 47.4 Å². The number of phenolic OH excluding ortho intramolecular Hbond substituents is 1. The first kappa shape index (κ1) is 28.1. The highest BCUT2D eigenvalue weighted by molar-refractivity contribution is 6.24. The third-order valence-corrected chi connectivity index (χ3v) is 8.38. The second-order valence-corrected chi connectivity index (χ2v) is 11.2. The highest BCUT2D eigenvalue weighted by atomic mass is 16.3. The van der Waals surface area contributed by atoms with E-state index in [4.69, 9.17) is 5.73 Å². The quantitative estimate of drug-likeness (QED) is 0.275. The lowest BCUT2D eigenvalue weighted by Gasteiger charge is -2.50. The van der Waals surface area contributed by atoms with Crippen molar-refractivity contribution in [3.8, 4) is 5.75 Å². The number of benzene rings is 1. The van der Waals surface area contributed by atoms with E-state index in [1.807, 2.05) is 25.1 Å². The number of nitrogens with zero attached hydrogens (tertiary/aromatic N) is 3. The molecule has 12 nitrogen and oxygen atoms in total. The predicted molar refractivity (Wildman–Crippen MR) is 150 cm³/mol. The minimum atomic E-state index is -2.68. The number of carbonyl (C=O) groups excluding carboxylic acids is 3. The minimum Gasteiger partial charge on any atom is -0.508 e. The zero-order valence-electron chi connectivity index (χ0n) is 23.2. The van der Waals surface area contributed by atoms with Gasteiger partial charge in [0.15, 0.2) is 11.4 Å². The van der Waals surface area contributed by atoms with Crippen molar-refractivity contribution in [3.05, 3.63) is 64.1 Å². The van der Waals surface area contributed by atoms with Gasteiger partial charge in [-0.05, 0) is 56.6 Å². The molecule has 1 amide bonds. The topological polar surface area (TPSA) is 190 Å². The number of pyridine rings is 1. The van der Waals surface area contributed by atoms with Gasteiger partial charge in [0.2, 0.25) is 5.78 Å². The largest absolute Gasteiger partial charge is 0.508 e. The lowest BCUT2D eigenvalue weighted by atomic mass is 9.57. The number of Topliss-reactive ketones (excluding diaryl/α,β-unsaturated/α-hetero) is 2. The molecule has 1 aromatic heterocycles. The van der Waals surface area contributed by atoms with Crippen LogP contribution < -0.4 is 16.0 Å². The molecule has 3 aliphatic carbocycles. The maximum absolute atomic E-state index is 14.1. The number of anilines is 2. The summed E-state index contributed by atoms with van der Waals surface area (Å²) in [4.78, 5) is 47.0. The summed E-state index contributed by atoms with van der Waals surface area (Å²) in [5.41, 5.74) is 3.45. The summed E-state index contributed by atoms with van der Waals surface area (Å²) < 4.78 is 0. The Labute approximate surface area is 236 Å². The van der Waals surface area contributed by atoms with E-state index >= 15 is 0 Å². The first-order valence-electron chi connectivity index (χ1n) is 13.1. The van der Waals surface area contributed by atoms with Gasteiger partial charge in [-0.1, -0.05) is 6.07 Å². The number of hydrogen-bond acceptors (Lipinski definition) is 11. The average molecular weight is 564 g/mol. The molecule has 2 aromatic rings. The summed E-state index contributed by atoms with van der Waals surface area (Å²) in [5, 5.41) is 48.9. The van der Waals surface area contributed by atoms with Gasteiger partial charge in [-0.15, -0.1) is 0 Å². The lowest BCUT2D eigenvalue weighted by Crippen LogP contribution is -2.65. The number of aromatic nitrogens is 1.